The van der Waals surface area contributed by atoms with Crippen molar-refractivity contribution in [2.24, 2.45) is 0 Å². The molecule has 0 heterocycles. The number of hydrogen-bond donors (Lipinski definition) is 1. The molecule has 2 N–H and O–H groups in total. The van der Waals surface area contributed by atoms with E-state index in [0.29, 0.717) is 19.8 Å². The van der Waals surface area contributed by atoms with Crippen molar-refractivity contribution in [2.75, 3.05) is 25.6 Å². The molecule has 90 valence electrons. The summed E-state index contributed by atoms with van der Waals surface area (Å²) in [4.78, 5) is 0. The minimum absolute atomic E-state index is 0.517. The lowest BCUT2D eigenvalue weighted by Crippen LogP contribution is -2.06. The van der Waals surface area contributed by atoms with Crippen molar-refractivity contribution in [2.45, 2.75) is 20.0 Å². The first kappa shape index (κ1) is 13.5. The van der Waals surface area contributed by atoms with Crippen LogP contribution < -0.4 is 5.73 Å². The number of nitrogen functional groups attached to an aromatic ring is 1. The summed E-state index contributed by atoms with van der Waals surface area (Å²) in [5.41, 5.74) is 7.59. The van der Waals surface area contributed by atoms with Crippen molar-refractivity contribution in [1.82, 2.24) is 0 Å². The van der Waals surface area contributed by atoms with E-state index in [2.05, 4.69) is 22.9 Å². The molecule has 0 saturated carbocycles. The monoisotopic (exact) mass is 287 g/mol. The van der Waals surface area contributed by atoms with Gasteiger partial charge < -0.3 is 15.2 Å². The molecule has 0 aliphatic rings. The molecule has 3 nitrogen and oxygen atoms in total. The molecule has 1 aromatic carbocycles. The Bertz CT molecular complexity index is 298. The molecule has 0 saturated heterocycles. The second-order valence-electron chi connectivity index (χ2n) is 3.47. The number of nitrogens with two attached hydrogens (primary N) is 1. The van der Waals surface area contributed by atoms with E-state index in [9.17, 15) is 0 Å². The van der Waals surface area contributed by atoms with Crippen LogP contribution >= 0.6 is 15.9 Å². The van der Waals surface area contributed by atoms with Gasteiger partial charge in [-0.1, -0.05) is 28.9 Å². The summed E-state index contributed by atoms with van der Waals surface area (Å²) in [6.45, 7) is 4.63. The zero-order valence-electron chi connectivity index (χ0n) is 9.54. The zero-order valence-corrected chi connectivity index (χ0v) is 11.1. The quantitative estimate of drug-likeness (QED) is 0.619. The number of ether oxygens (including phenoxy) is 2. The van der Waals surface area contributed by atoms with Crippen LogP contribution in [0.2, 0.25) is 0 Å². The molecule has 0 amide bonds. The highest BCUT2D eigenvalue weighted by Crippen LogP contribution is 2.22. The van der Waals surface area contributed by atoms with E-state index < -0.39 is 0 Å². The Hall–Kier alpha value is -0.580. The van der Waals surface area contributed by atoms with Gasteiger partial charge in [-0.2, -0.15) is 0 Å². The lowest BCUT2D eigenvalue weighted by atomic mass is 10.2. The lowest BCUT2D eigenvalue weighted by molar-refractivity contribution is 0.0408. The van der Waals surface area contributed by atoms with Crippen LogP contribution in [0.4, 0.5) is 5.69 Å². The second kappa shape index (κ2) is 7.65. The molecule has 0 atom stereocenters. The second-order valence-corrected chi connectivity index (χ2v) is 4.33. The summed E-state index contributed by atoms with van der Waals surface area (Å²) in [5, 5.41) is 0. The molecule has 0 aromatic heterocycles. The third-order valence-electron chi connectivity index (χ3n) is 2.12. The molecule has 1 aromatic rings. The fraction of sp³-hybridized carbons (Fsp3) is 0.500. The lowest BCUT2D eigenvalue weighted by Gasteiger charge is -2.09. The minimum Gasteiger partial charge on any atom is -0.398 e. The van der Waals surface area contributed by atoms with E-state index in [1.807, 2.05) is 18.2 Å². The van der Waals surface area contributed by atoms with E-state index in [1.54, 1.807) is 0 Å². The summed E-state index contributed by atoms with van der Waals surface area (Å²) < 4.78 is 11.8. The van der Waals surface area contributed by atoms with Gasteiger partial charge in [0.1, 0.15) is 0 Å². The first-order valence-corrected chi connectivity index (χ1v) is 6.23. The van der Waals surface area contributed by atoms with Crippen LogP contribution in [-0.2, 0) is 16.1 Å². The van der Waals surface area contributed by atoms with E-state index in [0.717, 1.165) is 28.8 Å². The number of halogens is 1. The molecule has 0 bridgehead atoms. The summed E-state index contributed by atoms with van der Waals surface area (Å²) in [6.07, 6.45) is 1.04. The van der Waals surface area contributed by atoms with Crippen molar-refractivity contribution in [3.63, 3.8) is 0 Å². The van der Waals surface area contributed by atoms with Gasteiger partial charge in [-0.25, -0.2) is 0 Å². The van der Waals surface area contributed by atoms with Gasteiger partial charge in [0.05, 0.1) is 19.8 Å². The predicted molar refractivity (Wildman–Crippen MR) is 69.3 cm³/mol. The highest BCUT2D eigenvalue weighted by atomic mass is 79.9. The largest absolute Gasteiger partial charge is 0.398 e. The smallest absolute Gasteiger partial charge is 0.0749 e. The Morgan fingerprint density at radius 3 is 2.62 bits per heavy atom. The van der Waals surface area contributed by atoms with Crippen molar-refractivity contribution >= 4 is 21.6 Å². The molecular formula is C12H18BrNO2. The zero-order chi connectivity index (χ0) is 11.8. The molecule has 0 fully saturated rings. The van der Waals surface area contributed by atoms with E-state index in [4.69, 9.17) is 15.2 Å². The summed E-state index contributed by atoms with van der Waals surface area (Å²) in [6, 6.07) is 5.74. The van der Waals surface area contributed by atoms with Crippen LogP contribution in [0.15, 0.2) is 22.7 Å². The van der Waals surface area contributed by atoms with E-state index in [1.165, 1.54) is 0 Å². The molecular weight excluding hydrogens is 270 g/mol. The van der Waals surface area contributed by atoms with Gasteiger partial charge in [-0.15, -0.1) is 0 Å². The molecule has 0 aliphatic carbocycles. The molecule has 1 rings (SSSR count). The average molecular weight is 288 g/mol. The topological polar surface area (TPSA) is 44.5 Å². The van der Waals surface area contributed by atoms with Crippen molar-refractivity contribution in [3.05, 3.63) is 28.2 Å². The minimum atomic E-state index is 0.517. The maximum Gasteiger partial charge on any atom is 0.0749 e. The Balaban J connectivity index is 2.26. The van der Waals surface area contributed by atoms with Gasteiger partial charge in [0.2, 0.25) is 0 Å². The molecule has 0 aliphatic heterocycles. The first-order chi connectivity index (χ1) is 7.75. The molecule has 0 spiro atoms. The van der Waals surface area contributed by atoms with Gasteiger partial charge in [-0.05, 0) is 18.6 Å². The predicted octanol–water partition coefficient (Wildman–Crippen LogP) is 2.97. The van der Waals surface area contributed by atoms with E-state index >= 15 is 0 Å². The SMILES string of the molecule is CCCOCCOCc1c(N)cccc1Br. The molecule has 16 heavy (non-hydrogen) atoms. The fourth-order valence-corrected chi connectivity index (χ4v) is 1.76. The van der Waals surface area contributed by atoms with Crippen LogP contribution in [0.1, 0.15) is 18.9 Å². The van der Waals surface area contributed by atoms with Gasteiger partial charge in [0.15, 0.2) is 0 Å². The maximum atomic E-state index is 5.84. The van der Waals surface area contributed by atoms with Gasteiger partial charge in [0.25, 0.3) is 0 Å². The van der Waals surface area contributed by atoms with Crippen LogP contribution in [0.25, 0.3) is 0 Å². The molecule has 0 unspecified atom stereocenters. The van der Waals surface area contributed by atoms with Crippen molar-refractivity contribution in [3.8, 4) is 0 Å². The Morgan fingerprint density at radius 2 is 1.94 bits per heavy atom. The summed E-state index contributed by atoms with van der Waals surface area (Å²) in [7, 11) is 0. The molecule has 0 radical (unpaired) electrons. The molecule has 4 heteroatoms. The third-order valence-corrected chi connectivity index (χ3v) is 2.86. The van der Waals surface area contributed by atoms with Crippen LogP contribution in [0.5, 0.6) is 0 Å². The highest BCUT2D eigenvalue weighted by molar-refractivity contribution is 9.10. The van der Waals surface area contributed by atoms with Gasteiger partial charge in [0, 0.05) is 22.3 Å². The number of hydrogen-bond acceptors (Lipinski definition) is 3. The van der Waals surface area contributed by atoms with Crippen molar-refractivity contribution in [1.29, 1.82) is 0 Å². The number of rotatable bonds is 7. The Kier molecular flexibility index (Phi) is 6.45. The highest BCUT2D eigenvalue weighted by Gasteiger charge is 2.03. The Labute approximate surface area is 105 Å². The maximum absolute atomic E-state index is 5.84. The number of anilines is 1. The average Bonchev–Trinajstić information content (AvgIpc) is 2.26. The summed E-state index contributed by atoms with van der Waals surface area (Å²) >= 11 is 3.45. The van der Waals surface area contributed by atoms with Crippen LogP contribution in [0, 0.1) is 0 Å². The first-order valence-electron chi connectivity index (χ1n) is 5.44. The van der Waals surface area contributed by atoms with E-state index in [-0.39, 0.29) is 0 Å². The summed E-state index contributed by atoms with van der Waals surface area (Å²) in [5.74, 6) is 0. The standard InChI is InChI=1S/C12H18BrNO2/c1-2-6-15-7-8-16-9-10-11(13)4-3-5-12(10)14/h3-5H,2,6-9,14H2,1H3. The number of benzene rings is 1. The Morgan fingerprint density at radius 1 is 1.19 bits per heavy atom. The van der Waals surface area contributed by atoms with Gasteiger partial charge in [-0.3, -0.25) is 0 Å². The van der Waals surface area contributed by atoms with Crippen LogP contribution in [0.3, 0.4) is 0 Å². The van der Waals surface area contributed by atoms with Crippen molar-refractivity contribution < 1.29 is 9.47 Å². The van der Waals surface area contributed by atoms with Gasteiger partial charge >= 0.3 is 0 Å². The third kappa shape index (κ3) is 4.51. The normalized spacial score (nSPS) is 10.6. The van der Waals surface area contributed by atoms with Crippen LogP contribution in [-0.4, -0.2) is 19.8 Å². The fourth-order valence-electron chi connectivity index (χ4n) is 1.27.